The molecule has 0 amide bonds. The lowest BCUT2D eigenvalue weighted by Crippen LogP contribution is -2.13. The van der Waals surface area contributed by atoms with Crippen LogP contribution in [0, 0.1) is 5.82 Å². The van der Waals surface area contributed by atoms with E-state index in [0.717, 1.165) is 0 Å². The Bertz CT molecular complexity index is 501. The van der Waals surface area contributed by atoms with Gasteiger partial charge in [0.1, 0.15) is 11.6 Å². The maximum Gasteiger partial charge on any atom is 0.221 e. The van der Waals surface area contributed by atoms with E-state index < -0.39 is 0 Å². The molecule has 0 saturated carbocycles. The maximum absolute atomic E-state index is 13.5. The Morgan fingerprint density at radius 1 is 1.25 bits per heavy atom. The zero-order valence-electron chi connectivity index (χ0n) is 8.76. The molecule has 2 aromatic rings. The minimum absolute atomic E-state index is 0.167. The summed E-state index contributed by atoms with van der Waals surface area (Å²) in [5.74, 6) is 0.417. The first kappa shape index (κ1) is 10.4. The highest BCUT2D eigenvalue weighted by molar-refractivity contribution is 5.59. The number of halogens is 1. The van der Waals surface area contributed by atoms with Crippen LogP contribution in [0.4, 0.5) is 21.8 Å². The van der Waals surface area contributed by atoms with Crippen molar-refractivity contribution in [2.24, 2.45) is 0 Å². The zero-order chi connectivity index (χ0) is 11.5. The molecule has 0 unspecified atom stereocenters. The van der Waals surface area contributed by atoms with Crippen LogP contribution in [0.25, 0.3) is 0 Å². The van der Waals surface area contributed by atoms with Crippen molar-refractivity contribution in [3.05, 3.63) is 42.3 Å². The monoisotopic (exact) mass is 218 g/mol. The number of benzene rings is 1. The van der Waals surface area contributed by atoms with Gasteiger partial charge in [0.05, 0.1) is 5.69 Å². The molecule has 0 fully saturated rings. The van der Waals surface area contributed by atoms with E-state index in [2.05, 4.69) is 9.97 Å². The average Bonchev–Trinajstić information content (AvgIpc) is 2.29. The van der Waals surface area contributed by atoms with E-state index in [1.807, 2.05) is 0 Å². The summed E-state index contributed by atoms with van der Waals surface area (Å²) in [6.45, 7) is 0. The van der Waals surface area contributed by atoms with Crippen molar-refractivity contribution in [3.8, 4) is 0 Å². The molecule has 0 aliphatic carbocycles. The number of hydrogen-bond donors (Lipinski definition) is 1. The van der Waals surface area contributed by atoms with Crippen LogP contribution in [-0.4, -0.2) is 17.0 Å². The first-order chi connectivity index (χ1) is 7.68. The summed E-state index contributed by atoms with van der Waals surface area (Å²) in [5.41, 5.74) is 5.91. The molecule has 0 aliphatic rings. The normalized spacial score (nSPS) is 10.1. The predicted octanol–water partition coefficient (Wildman–Crippen LogP) is 1.97. The predicted molar refractivity (Wildman–Crippen MR) is 60.9 cm³/mol. The van der Waals surface area contributed by atoms with Crippen LogP contribution < -0.4 is 10.6 Å². The molecule has 4 nitrogen and oxygen atoms in total. The first-order valence-corrected chi connectivity index (χ1v) is 4.75. The van der Waals surface area contributed by atoms with Gasteiger partial charge in [0.15, 0.2) is 0 Å². The van der Waals surface area contributed by atoms with E-state index in [0.29, 0.717) is 11.5 Å². The van der Waals surface area contributed by atoms with Gasteiger partial charge in [0, 0.05) is 13.2 Å². The summed E-state index contributed by atoms with van der Waals surface area (Å²) in [6, 6.07) is 8.15. The highest BCUT2D eigenvalue weighted by Gasteiger charge is 2.09. The van der Waals surface area contributed by atoms with Gasteiger partial charge in [-0.1, -0.05) is 12.1 Å². The van der Waals surface area contributed by atoms with E-state index in [1.165, 1.54) is 12.3 Å². The Morgan fingerprint density at radius 2 is 2.00 bits per heavy atom. The lowest BCUT2D eigenvalue weighted by molar-refractivity contribution is 0.627. The minimum Gasteiger partial charge on any atom is -0.368 e. The van der Waals surface area contributed by atoms with E-state index in [4.69, 9.17) is 5.73 Å². The summed E-state index contributed by atoms with van der Waals surface area (Å²) in [5, 5.41) is 0. The number of hydrogen-bond acceptors (Lipinski definition) is 4. The summed E-state index contributed by atoms with van der Waals surface area (Å²) in [6.07, 6.45) is 1.54. The zero-order valence-corrected chi connectivity index (χ0v) is 8.76. The molecule has 0 spiro atoms. The molecule has 2 rings (SSSR count). The van der Waals surface area contributed by atoms with Crippen molar-refractivity contribution in [1.82, 2.24) is 9.97 Å². The molecular weight excluding hydrogens is 207 g/mol. The van der Waals surface area contributed by atoms with E-state index in [-0.39, 0.29) is 11.8 Å². The van der Waals surface area contributed by atoms with Gasteiger partial charge in [-0.25, -0.2) is 9.37 Å². The van der Waals surface area contributed by atoms with Gasteiger partial charge >= 0.3 is 0 Å². The lowest BCUT2D eigenvalue weighted by atomic mass is 10.3. The van der Waals surface area contributed by atoms with Gasteiger partial charge in [-0.2, -0.15) is 4.98 Å². The molecule has 0 atom stereocenters. The van der Waals surface area contributed by atoms with Crippen LogP contribution in [0.2, 0.25) is 0 Å². The standard InChI is InChI=1S/C11H11FN4/c1-16(9-5-3-2-4-8(9)12)10-6-7-14-11(13)15-10/h2-7H,1H3,(H2,13,14,15). The van der Waals surface area contributed by atoms with E-state index in [1.54, 1.807) is 36.2 Å². The third-order valence-electron chi connectivity index (χ3n) is 2.22. The molecule has 0 radical (unpaired) electrons. The molecule has 0 saturated heterocycles. The van der Waals surface area contributed by atoms with E-state index in [9.17, 15) is 4.39 Å². The third kappa shape index (κ3) is 1.93. The van der Waals surface area contributed by atoms with Gasteiger partial charge in [-0.3, -0.25) is 0 Å². The molecule has 5 heteroatoms. The van der Waals surface area contributed by atoms with Crippen molar-refractivity contribution in [3.63, 3.8) is 0 Å². The van der Waals surface area contributed by atoms with Gasteiger partial charge in [-0.05, 0) is 18.2 Å². The fourth-order valence-electron chi connectivity index (χ4n) is 1.40. The van der Waals surface area contributed by atoms with Crippen LogP contribution in [0.5, 0.6) is 0 Å². The lowest BCUT2D eigenvalue weighted by Gasteiger charge is -2.18. The van der Waals surface area contributed by atoms with Gasteiger partial charge < -0.3 is 10.6 Å². The summed E-state index contributed by atoms with van der Waals surface area (Å²) < 4.78 is 13.5. The van der Waals surface area contributed by atoms with Gasteiger partial charge in [-0.15, -0.1) is 0 Å². The van der Waals surface area contributed by atoms with Crippen LogP contribution >= 0.6 is 0 Å². The van der Waals surface area contributed by atoms with Crippen molar-refractivity contribution >= 4 is 17.5 Å². The summed E-state index contributed by atoms with van der Waals surface area (Å²) in [4.78, 5) is 9.42. The summed E-state index contributed by atoms with van der Waals surface area (Å²) in [7, 11) is 1.72. The second kappa shape index (κ2) is 4.14. The second-order valence-electron chi connectivity index (χ2n) is 3.28. The largest absolute Gasteiger partial charge is 0.368 e. The smallest absolute Gasteiger partial charge is 0.221 e. The van der Waals surface area contributed by atoms with Gasteiger partial charge in [0.25, 0.3) is 0 Å². The molecule has 16 heavy (non-hydrogen) atoms. The number of anilines is 3. The number of nitrogens with zero attached hydrogens (tertiary/aromatic N) is 3. The molecule has 0 bridgehead atoms. The number of rotatable bonds is 2. The minimum atomic E-state index is -0.304. The van der Waals surface area contributed by atoms with Crippen molar-refractivity contribution in [1.29, 1.82) is 0 Å². The van der Waals surface area contributed by atoms with Crippen LogP contribution in [0.1, 0.15) is 0 Å². The molecule has 82 valence electrons. The van der Waals surface area contributed by atoms with Crippen LogP contribution in [-0.2, 0) is 0 Å². The average molecular weight is 218 g/mol. The fraction of sp³-hybridized carbons (Fsp3) is 0.0909. The topological polar surface area (TPSA) is 55.0 Å². The molecule has 1 aromatic carbocycles. The SMILES string of the molecule is CN(c1ccnc(N)n1)c1ccccc1F. The molecule has 2 N–H and O–H groups in total. The Kier molecular flexibility index (Phi) is 2.68. The van der Waals surface area contributed by atoms with Crippen LogP contribution in [0.15, 0.2) is 36.5 Å². The fourth-order valence-corrected chi connectivity index (χ4v) is 1.40. The van der Waals surface area contributed by atoms with Crippen LogP contribution in [0.3, 0.4) is 0 Å². The Labute approximate surface area is 92.6 Å². The first-order valence-electron chi connectivity index (χ1n) is 4.75. The molecule has 0 aliphatic heterocycles. The Balaban J connectivity index is 2.39. The summed E-state index contributed by atoms with van der Waals surface area (Å²) >= 11 is 0. The second-order valence-corrected chi connectivity index (χ2v) is 3.28. The number of nitrogens with two attached hydrogens (primary N) is 1. The molecular formula is C11H11FN4. The Hall–Kier alpha value is -2.17. The van der Waals surface area contributed by atoms with Gasteiger partial charge in [0.2, 0.25) is 5.95 Å². The third-order valence-corrected chi connectivity index (χ3v) is 2.22. The highest BCUT2D eigenvalue weighted by Crippen LogP contribution is 2.23. The number of aromatic nitrogens is 2. The van der Waals surface area contributed by atoms with Crippen molar-refractivity contribution in [2.75, 3.05) is 17.7 Å². The quantitative estimate of drug-likeness (QED) is 0.837. The van der Waals surface area contributed by atoms with Crippen molar-refractivity contribution in [2.45, 2.75) is 0 Å². The highest BCUT2D eigenvalue weighted by atomic mass is 19.1. The number of para-hydroxylation sites is 1. The maximum atomic E-state index is 13.5. The Morgan fingerprint density at radius 3 is 2.69 bits per heavy atom. The van der Waals surface area contributed by atoms with Crippen molar-refractivity contribution < 1.29 is 4.39 Å². The molecule has 1 heterocycles. The number of nitrogen functional groups attached to an aromatic ring is 1. The van der Waals surface area contributed by atoms with E-state index >= 15 is 0 Å². The molecule has 1 aromatic heterocycles.